The van der Waals surface area contributed by atoms with Gasteiger partial charge in [0.1, 0.15) is 5.82 Å². The Balaban J connectivity index is 0.851. The second-order valence-electron chi connectivity index (χ2n) is 17.0. The van der Waals surface area contributed by atoms with E-state index in [1.54, 1.807) is 0 Å². The normalized spacial score (nSPS) is 11.9. The molecule has 0 aliphatic carbocycles. The van der Waals surface area contributed by atoms with Crippen LogP contribution in [0.15, 0.2) is 206 Å². The van der Waals surface area contributed by atoms with Crippen molar-refractivity contribution in [1.82, 2.24) is 19.5 Å². The molecule has 0 saturated carbocycles. The first kappa shape index (κ1) is 37.6. The fraction of sp³-hybridized carbons (Fsp3) is 0.0500. The van der Waals surface area contributed by atoms with E-state index in [1.165, 1.54) is 85.5 Å². The Morgan fingerprint density at radius 1 is 0.354 bits per heavy atom. The standard InChI is InChI=1S/C60H40N4S/c1-3-15-39(16-4-1)59-61-57(62-60(63-59)42-30-33-54-51(37-42)49-25-11-12-26-53(49)64(54)43-19-5-2-6-20-43)28-14-18-38-17-13-27-56-58(38)52-36-41(31-34-55(52)65-56)40-29-32-48-46-23-8-7-21-44(46)45-22-9-10-24-47(45)50(48)35-40/h1-13,15-17,19-27,29-37H,14,18,28H2. The summed E-state index contributed by atoms with van der Waals surface area (Å²) in [7, 11) is 0. The zero-order valence-electron chi connectivity index (χ0n) is 35.4. The van der Waals surface area contributed by atoms with Crippen molar-refractivity contribution in [2.75, 3.05) is 0 Å². The number of hydrogen-bond donors (Lipinski definition) is 0. The smallest absolute Gasteiger partial charge is 0.163 e. The van der Waals surface area contributed by atoms with Gasteiger partial charge in [0.05, 0.1) is 11.0 Å². The lowest BCUT2D eigenvalue weighted by Crippen LogP contribution is -2.04. The molecule has 0 aliphatic rings. The Kier molecular flexibility index (Phi) is 8.88. The van der Waals surface area contributed by atoms with Crippen LogP contribution < -0.4 is 0 Å². The first-order chi connectivity index (χ1) is 32.2. The molecule has 3 heterocycles. The van der Waals surface area contributed by atoms with Crippen molar-refractivity contribution in [3.05, 3.63) is 218 Å². The van der Waals surface area contributed by atoms with Gasteiger partial charge in [-0.1, -0.05) is 146 Å². The molecule has 0 fully saturated rings. The predicted octanol–water partition coefficient (Wildman–Crippen LogP) is 16.0. The zero-order chi connectivity index (χ0) is 42.8. The minimum atomic E-state index is 0.695. The summed E-state index contributed by atoms with van der Waals surface area (Å²) in [5, 5.41) is 12.8. The molecule has 0 bridgehead atoms. The van der Waals surface area contributed by atoms with E-state index in [-0.39, 0.29) is 0 Å². The van der Waals surface area contributed by atoms with Crippen molar-refractivity contribution in [3.8, 4) is 39.6 Å². The van der Waals surface area contributed by atoms with Gasteiger partial charge in [-0.2, -0.15) is 0 Å². The number of aromatic nitrogens is 4. The fourth-order valence-electron chi connectivity index (χ4n) is 10.2. The summed E-state index contributed by atoms with van der Waals surface area (Å²) >= 11 is 1.88. The number of rotatable bonds is 8. The molecule has 0 amide bonds. The quantitative estimate of drug-likeness (QED) is 0.143. The maximum Gasteiger partial charge on any atom is 0.163 e. The average Bonchev–Trinajstić information content (AvgIpc) is 3.92. The highest BCUT2D eigenvalue weighted by Crippen LogP contribution is 2.41. The van der Waals surface area contributed by atoms with Crippen molar-refractivity contribution >= 4 is 85.6 Å². The van der Waals surface area contributed by atoms with Gasteiger partial charge in [-0.05, 0) is 123 Å². The molecular weight excluding hydrogens is 809 g/mol. The third-order valence-corrected chi connectivity index (χ3v) is 14.3. The van der Waals surface area contributed by atoms with Gasteiger partial charge in [-0.25, -0.2) is 15.0 Å². The summed E-state index contributed by atoms with van der Waals surface area (Å²) < 4.78 is 4.98. The summed E-state index contributed by atoms with van der Waals surface area (Å²) in [5.74, 6) is 2.20. The fourth-order valence-corrected chi connectivity index (χ4v) is 11.3. The molecule has 0 radical (unpaired) electrons. The molecule has 306 valence electrons. The number of aryl methyl sites for hydroxylation is 2. The van der Waals surface area contributed by atoms with E-state index in [9.17, 15) is 0 Å². The molecule has 4 nitrogen and oxygen atoms in total. The molecule has 3 aromatic heterocycles. The molecule has 0 spiro atoms. The predicted molar refractivity (Wildman–Crippen MR) is 274 cm³/mol. The maximum atomic E-state index is 5.19. The number of benzene rings is 10. The van der Waals surface area contributed by atoms with E-state index in [0.717, 1.165) is 47.4 Å². The highest BCUT2D eigenvalue weighted by molar-refractivity contribution is 7.25. The molecule has 5 heteroatoms. The Hall–Kier alpha value is -7.99. The number of thiophene rings is 1. The van der Waals surface area contributed by atoms with Gasteiger partial charge in [0.15, 0.2) is 11.6 Å². The van der Waals surface area contributed by atoms with Gasteiger partial charge in [0.25, 0.3) is 0 Å². The number of hydrogen-bond acceptors (Lipinski definition) is 4. The molecular formula is C60H40N4S. The van der Waals surface area contributed by atoms with Gasteiger partial charge in [-0.3, -0.25) is 0 Å². The van der Waals surface area contributed by atoms with Crippen LogP contribution in [0.2, 0.25) is 0 Å². The van der Waals surface area contributed by atoms with Crippen LogP contribution in [-0.4, -0.2) is 19.5 Å². The molecule has 0 N–H and O–H groups in total. The highest BCUT2D eigenvalue weighted by atomic mass is 32.1. The zero-order valence-corrected chi connectivity index (χ0v) is 36.3. The molecule has 0 aliphatic heterocycles. The molecule has 0 unspecified atom stereocenters. The molecule has 65 heavy (non-hydrogen) atoms. The van der Waals surface area contributed by atoms with Gasteiger partial charge >= 0.3 is 0 Å². The third-order valence-electron chi connectivity index (χ3n) is 13.2. The second-order valence-corrected chi connectivity index (χ2v) is 18.1. The van der Waals surface area contributed by atoms with Crippen LogP contribution in [0, 0.1) is 0 Å². The van der Waals surface area contributed by atoms with Crippen LogP contribution in [0.1, 0.15) is 17.8 Å². The monoisotopic (exact) mass is 848 g/mol. The lowest BCUT2D eigenvalue weighted by molar-refractivity contribution is 0.768. The lowest BCUT2D eigenvalue weighted by atomic mass is 9.91. The molecule has 10 aromatic carbocycles. The summed E-state index contributed by atoms with van der Waals surface area (Å²) in [5.41, 5.74) is 9.26. The maximum absolute atomic E-state index is 5.19. The van der Waals surface area contributed by atoms with E-state index in [4.69, 9.17) is 15.0 Å². The lowest BCUT2D eigenvalue weighted by Gasteiger charge is -2.12. The summed E-state index contributed by atoms with van der Waals surface area (Å²) in [6.45, 7) is 0. The molecule has 0 atom stereocenters. The van der Waals surface area contributed by atoms with Crippen LogP contribution >= 0.6 is 11.3 Å². The van der Waals surface area contributed by atoms with Gasteiger partial charge in [0.2, 0.25) is 0 Å². The largest absolute Gasteiger partial charge is 0.309 e. The van der Waals surface area contributed by atoms with Gasteiger partial charge in [-0.15, -0.1) is 11.3 Å². The molecule has 0 saturated heterocycles. The third kappa shape index (κ3) is 6.38. The minimum Gasteiger partial charge on any atom is -0.309 e. The minimum absolute atomic E-state index is 0.695. The number of nitrogens with zero attached hydrogens (tertiary/aromatic N) is 4. The van der Waals surface area contributed by atoms with Gasteiger partial charge in [0, 0.05) is 54.2 Å². The average molecular weight is 849 g/mol. The number of fused-ring (bicyclic) bond motifs is 12. The Morgan fingerprint density at radius 2 is 0.923 bits per heavy atom. The van der Waals surface area contributed by atoms with Crippen molar-refractivity contribution in [2.24, 2.45) is 0 Å². The van der Waals surface area contributed by atoms with E-state index in [2.05, 4.69) is 193 Å². The first-order valence-corrected chi connectivity index (χ1v) is 23.2. The van der Waals surface area contributed by atoms with Crippen molar-refractivity contribution in [3.63, 3.8) is 0 Å². The van der Waals surface area contributed by atoms with Crippen LogP contribution in [0.25, 0.3) is 114 Å². The van der Waals surface area contributed by atoms with Crippen LogP contribution in [0.3, 0.4) is 0 Å². The SMILES string of the molecule is c1ccc(-c2nc(CCCc3cccc4sc5ccc(-c6ccc7c8ccccc8c8ccccc8c7c6)cc5c34)nc(-c3ccc4c(c3)c3ccccc3n4-c3ccccc3)n2)cc1. The Labute approximate surface area is 379 Å². The summed E-state index contributed by atoms with van der Waals surface area (Å²) in [6.07, 6.45) is 2.55. The topological polar surface area (TPSA) is 43.6 Å². The van der Waals surface area contributed by atoms with Crippen LogP contribution in [0.5, 0.6) is 0 Å². The van der Waals surface area contributed by atoms with Crippen molar-refractivity contribution < 1.29 is 0 Å². The Morgan fingerprint density at radius 3 is 1.68 bits per heavy atom. The van der Waals surface area contributed by atoms with Crippen molar-refractivity contribution in [2.45, 2.75) is 19.3 Å². The summed E-state index contributed by atoms with van der Waals surface area (Å²) in [4.78, 5) is 15.4. The first-order valence-electron chi connectivity index (χ1n) is 22.4. The van der Waals surface area contributed by atoms with E-state index in [0.29, 0.717) is 11.6 Å². The van der Waals surface area contributed by atoms with Crippen LogP contribution in [-0.2, 0) is 12.8 Å². The molecule has 13 rings (SSSR count). The Bertz CT molecular complexity index is 3950. The van der Waals surface area contributed by atoms with E-state index < -0.39 is 0 Å². The summed E-state index contributed by atoms with van der Waals surface area (Å²) in [6, 6.07) is 74.6. The molecule has 13 aromatic rings. The van der Waals surface area contributed by atoms with Gasteiger partial charge < -0.3 is 4.57 Å². The highest BCUT2D eigenvalue weighted by Gasteiger charge is 2.18. The van der Waals surface area contributed by atoms with E-state index in [1.807, 2.05) is 29.5 Å². The number of para-hydroxylation sites is 2. The van der Waals surface area contributed by atoms with Crippen molar-refractivity contribution in [1.29, 1.82) is 0 Å². The second kappa shape index (κ2) is 15.4. The van der Waals surface area contributed by atoms with Crippen LogP contribution in [0.4, 0.5) is 0 Å². The van der Waals surface area contributed by atoms with E-state index >= 15 is 0 Å².